The molecule has 1 heterocycles. The van der Waals surface area contributed by atoms with Crippen molar-refractivity contribution >= 4 is 34.5 Å². The predicted molar refractivity (Wildman–Crippen MR) is 134 cm³/mol. The molecule has 2 N–H and O–H groups in total. The van der Waals surface area contributed by atoms with E-state index >= 15 is 0 Å². The van der Waals surface area contributed by atoms with Crippen molar-refractivity contribution in [3.63, 3.8) is 0 Å². The molecule has 0 saturated heterocycles. The van der Waals surface area contributed by atoms with Gasteiger partial charge in [-0.1, -0.05) is 60.7 Å². The fourth-order valence-corrected chi connectivity index (χ4v) is 3.55. The molecule has 0 aliphatic carbocycles. The van der Waals surface area contributed by atoms with E-state index in [0.717, 1.165) is 22.4 Å². The third-order valence-corrected chi connectivity index (χ3v) is 5.32. The Balaban J connectivity index is 1.41. The fraction of sp³-hybridized carbons (Fsp3) is 0.111. The number of methoxy groups -OCH3 is 1. The second-order valence-corrected chi connectivity index (χ2v) is 7.68. The first-order chi connectivity index (χ1) is 17.0. The molecule has 4 aromatic rings. The average molecular weight is 469 g/mol. The van der Waals surface area contributed by atoms with Gasteiger partial charge in [-0.15, -0.1) is 10.2 Å². The van der Waals surface area contributed by atoms with Crippen LogP contribution in [-0.2, 0) is 16.1 Å². The Morgan fingerprint density at radius 1 is 1.00 bits per heavy atom. The number of amides is 2. The molecule has 0 radical (unpaired) electrons. The second-order valence-electron chi connectivity index (χ2n) is 7.68. The largest absolute Gasteiger partial charge is 0.497 e. The highest BCUT2D eigenvalue weighted by atomic mass is 16.5. The Morgan fingerprint density at radius 3 is 2.46 bits per heavy atom. The fourth-order valence-electron chi connectivity index (χ4n) is 3.55. The normalized spacial score (nSPS) is 11.3. The van der Waals surface area contributed by atoms with Crippen LogP contribution in [0, 0.1) is 0 Å². The molecule has 0 spiro atoms. The summed E-state index contributed by atoms with van der Waals surface area (Å²) < 4.78 is 6.81. The van der Waals surface area contributed by atoms with E-state index in [-0.39, 0.29) is 18.1 Å². The molecule has 0 fully saturated rings. The second kappa shape index (κ2) is 10.9. The van der Waals surface area contributed by atoms with Crippen molar-refractivity contribution in [2.24, 2.45) is 10.2 Å². The number of nitrogens with zero attached hydrogens (tertiary/aromatic N) is 3. The van der Waals surface area contributed by atoms with Gasteiger partial charge in [-0.25, -0.2) is 0 Å². The summed E-state index contributed by atoms with van der Waals surface area (Å²) >= 11 is 0. The summed E-state index contributed by atoms with van der Waals surface area (Å²) in [6, 6.07) is 24.3. The van der Waals surface area contributed by atoms with Crippen LogP contribution >= 0.6 is 0 Å². The van der Waals surface area contributed by atoms with Gasteiger partial charge in [-0.2, -0.15) is 0 Å². The van der Waals surface area contributed by atoms with E-state index in [1.807, 2.05) is 60.7 Å². The maximum atomic E-state index is 12.2. The number of rotatable bonds is 8. The molecule has 0 aliphatic rings. The van der Waals surface area contributed by atoms with E-state index in [2.05, 4.69) is 15.5 Å². The van der Waals surface area contributed by atoms with Crippen LogP contribution in [0.5, 0.6) is 11.6 Å². The Labute approximate surface area is 202 Å². The lowest BCUT2D eigenvalue weighted by molar-refractivity contribution is -0.122. The van der Waals surface area contributed by atoms with Gasteiger partial charge in [-0.05, 0) is 35.4 Å². The lowest BCUT2D eigenvalue weighted by Gasteiger charge is -2.06. The van der Waals surface area contributed by atoms with E-state index in [0.29, 0.717) is 11.9 Å². The van der Waals surface area contributed by atoms with Crippen LogP contribution < -0.4 is 10.1 Å². The van der Waals surface area contributed by atoms with E-state index in [1.165, 1.54) is 6.08 Å². The molecule has 176 valence electrons. The summed E-state index contributed by atoms with van der Waals surface area (Å²) in [6.07, 6.45) is 2.95. The summed E-state index contributed by atoms with van der Waals surface area (Å²) in [5, 5.41) is 21.7. The number of benzene rings is 3. The third kappa shape index (κ3) is 5.80. The number of hydrogen-bond acceptors (Lipinski definition) is 5. The van der Waals surface area contributed by atoms with Gasteiger partial charge in [-0.3, -0.25) is 9.59 Å². The number of nitrogens with one attached hydrogen (secondary N) is 1. The Hall–Kier alpha value is -4.72. The summed E-state index contributed by atoms with van der Waals surface area (Å²) in [5.74, 6) is -0.447. The zero-order chi connectivity index (χ0) is 24.6. The number of azo groups is 1. The number of carbonyl (C=O) groups is 2. The highest BCUT2D eigenvalue weighted by Crippen LogP contribution is 2.39. The van der Waals surface area contributed by atoms with E-state index in [1.54, 1.807) is 36.0 Å². The zero-order valence-corrected chi connectivity index (χ0v) is 19.1. The zero-order valence-electron chi connectivity index (χ0n) is 19.1. The van der Waals surface area contributed by atoms with Crippen molar-refractivity contribution in [2.45, 2.75) is 6.54 Å². The van der Waals surface area contributed by atoms with Crippen LogP contribution in [0.4, 0.5) is 5.69 Å². The summed E-state index contributed by atoms with van der Waals surface area (Å²) in [7, 11) is 1.58. The minimum atomic E-state index is -0.643. The molecule has 0 bridgehead atoms. The first kappa shape index (κ1) is 23.4. The van der Waals surface area contributed by atoms with Crippen molar-refractivity contribution in [1.82, 2.24) is 9.88 Å². The number of para-hydroxylation sites is 1. The summed E-state index contributed by atoms with van der Waals surface area (Å²) in [6.45, 7) is 0.117. The Bertz CT molecular complexity index is 1390. The van der Waals surface area contributed by atoms with Gasteiger partial charge in [0, 0.05) is 11.5 Å². The van der Waals surface area contributed by atoms with Crippen molar-refractivity contribution in [3.8, 4) is 11.6 Å². The summed E-state index contributed by atoms with van der Waals surface area (Å²) in [5.41, 5.74) is 2.80. The molecule has 0 aliphatic heterocycles. The van der Waals surface area contributed by atoms with Crippen LogP contribution in [0.2, 0.25) is 0 Å². The molecule has 4 rings (SSSR count). The van der Waals surface area contributed by atoms with Gasteiger partial charge in [0.15, 0.2) is 5.69 Å². The maximum Gasteiger partial charge on any atom is 0.283 e. The SMILES string of the molecule is COc1ccc(C=CC(=O)NCC(=O)N=Nc2c(O)n(Cc3ccccc3)c3ccccc23)cc1. The van der Waals surface area contributed by atoms with Gasteiger partial charge in [0.25, 0.3) is 5.91 Å². The monoisotopic (exact) mass is 468 g/mol. The molecular formula is C27H24N4O4. The number of hydrogen-bond donors (Lipinski definition) is 2. The van der Waals surface area contributed by atoms with Gasteiger partial charge in [0.2, 0.25) is 11.8 Å². The standard InChI is InChI=1S/C27H24N4O4/c1-35-21-14-11-19(12-15-21)13-16-24(32)28-17-25(33)29-30-26-22-9-5-6-10-23(22)31(27(26)34)18-20-7-3-2-4-8-20/h2-16,34H,17-18H2,1H3,(H,28,32). The minimum Gasteiger partial charge on any atom is -0.497 e. The molecule has 2 amide bonds. The van der Waals surface area contributed by atoms with Crippen LogP contribution in [0.15, 0.2) is 95.2 Å². The van der Waals surface area contributed by atoms with Gasteiger partial charge < -0.3 is 19.7 Å². The Kier molecular flexibility index (Phi) is 7.32. The lowest BCUT2D eigenvalue weighted by Crippen LogP contribution is -2.26. The number of aromatic nitrogens is 1. The van der Waals surface area contributed by atoms with E-state index < -0.39 is 11.8 Å². The molecule has 0 unspecified atom stereocenters. The molecule has 0 saturated carbocycles. The van der Waals surface area contributed by atoms with Crippen LogP contribution in [-0.4, -0.2) is 35.1 Å². The van der Waals surface area contributed by atoms with Crippen molar-refractivity contribution in [2.75, 3.05) is 13.7 Å². The molecular weight excluding hydrogens is 444 g/mol. The first-order valence-electron chi connectivity index (χ1n) is 10.9. The third-order valence-electron chi connectivity index (χ3n) is 5.32. The smallest absolute Gasteiger partial charge is 0.283 e. The molecule has 3 aromatic carbocycles. The predicted octanol–water partition coefficient (Wildman–Crippen LogP) is 4.84. The molecule has 35 heavy (non-hydrogen) atoms. The van der Waals surface area contributed by atoms with Gasteiger partial charge in [0.05, 0.1) is 19.2 Å². The molecule has 0 atom stereocenters. The Morgan fingerprint density at radius 2 is 1.71 bits per heavy atom. The van der Waals surface area contributed by atoms with Crippen LogP contribution in [0.25, 0.3) is 17.0 Å². The van der Waals surface area contributed by atoms with Gasteiger partial charge >= 0.3 is 0 Å². The molecule has 8 heteroatoms. The quantitative estimate of drug-likeness (QED) is 0.285. The van der Waals surface area contributed by atoms with E-state index in [9.17, 15) is 14.7 Å². The van der Waals surface area contributed by atoms with Crippen LogP contribution in [0.3, 0.4) is 0 Å². The van der Waals surface area contributed by atoms with Crippen molar-refractivity contribution in [1.29, 1.82) is 0 Å². The molecule has 8 nitrogen and oxygen atoms in total. The maximum absolute atomic E-state index is 12.2. The van der Waals surface area contributed by atoms with Crippen molar-refractivity contribution < 1.29 is 19.4 Å². The number of fused-ring (bicyclic) bond motifs is 1. The molecule has 1 aromatic heterocycles. The highest BCUT2D eigenvalue weighted by molar-refractivity contribution is 5.96. The number of carbonyl (C=O) groups excluding carboxylic acids is 2. The minimum absolute atomic E-state index is 0.0851. The highest BCUT2D eigenvalue weighted by Gasteiger charge is 2.17. The first-order valence-corrected chi connectivity index (χ1v) is 10.9. The van der Waals surface area contributed by atoms with Crippen LogP contribution in [0.1, 0.15) is 11.1 Å². The number of aromatic hydroxyl groups is 1. The van der Waals surface area contributed by atoms with E-state index in [4.69, 9.17) is 4.74 Å². The summed E-state index contributed by atoms with van der Waals surface area (Å²) in [4.78, 5) is 24.2. The van der Waals surface area contributed by atoms with Crippen molar-refractivity contribution in [3.05, 3.63) is 96.1 Å². The average Bonchev–Trinajstić information content (AvgIpc) is 3.16. The lowest BCUT2D eigenvalue weighted by atomic mass is 10.2. The number of ether oxygens (including phenoxy) is 1. The topological polar surface area (TPSA) is 105 Å². The van der Waals surface area contributed by atoms with Gasteiger partial charge in [0.1, 0.15) is 12.3 Å².